The molecule has 0 aromatic heterocycles. The summed E-state index contributed by atoms with van der Waals surface area (Å²) in [5, 5.41) is 0.0909. The van der Waals surface area contributed by atoms with Crippen molar-refractivity contribution in [3.05, 3.63) is 34.6 Å². The molecular formula is C13H17ClFNO2S. The van der Waals surface area contributed by atoms with Gasteiger partial charge in [-0.05, 0) is 36.8 Å². The smallest absolute Gasteiger partial charge is 0.150 e. The quantitative estimate of drug-likeness (QED) is 0.927. The third-order valence-electron chi connectivity index (χ3n) is 3.48. The zero-order valence-corrected chi connectivity index (χ0v) is 12.1. The summed E-state index contributed by atoms with van der Waals surface area (Å²) in [6.07, 6.45) is 1.64. The predicted octanol–water partition coefficient (Wildman–Crippen LogP) is 2.17. The Hall–Kier alpha value is -0.650. The molecule has 106 valence electrons. The number of benzene rings is 1. The fourth-order valence-corrected chi connectivity index (χ4v) is 4.63. The fraction of sp³-hybridized carbons (Fsp3) is 0.538. The Kier molecular flexibility index (Phi) is 4.48. The lowest BCUT2D eigenvalue weighted by molar-refractivity contribution is 0.463. The van der Waals surface area contributed by atoms with Crippen LogP contribution in [0.5, 0.6) is 0 Å². The highest BCUT2D eigenvalue weighted by atomic mass is 35.5. The molecule has 1 aliphatic rings. The standard InChI is InChI=1S/C13H17ClFNO2S/c14-12-3-1-2-10(13(12)15)7-11(16)6-9-4-5-19(17,18)8-9/h1-3,9,11H,4-8,16H2. The zero-order chi connectivity index (χ0) is 14.0. The van der Waals surface area contributed by atoms with E-state index in [1.807, 2.05) is 0 Å². The van der Waals surface area contributed by atoms with Crippen LogP contribution in [0.3, 0.4) is 0 Å². The first-order valence-electron chi connectivity index (χ1n) is 6.26. The van der Waals surface area contributed by atoms with Crippen molar-refractivity contribution in [1.29, 1.82) is 0 Å². The van der Waals surface area contributed by atoms with Gasteiger partial charge in [-0.3, -0.25) is 0 Å². The number of hydrogen-bond donors (Lipinski definition) is 1. The number of nitrogens with two attached hydrogens (primary N) is 1. The van der Waals surface area contributed by atoms with Crippen LogP contribution < -0.4 is 5.73 Å². The van der Waals surface area contributed by atoms with Gasteiger partial charge in [0.05, 0.1) is 16.5 Å². The molecule has 0 aliphatic carbocycles. The van der Waals surface area contributed by atoms with Gasteiger partial charge in [-0.15, -0.1) is 0 Å². The summed E-state index contributed by atoms with van der Waals surface area (Å²) < 4.78 is 36.4. The molecule has 1 aliphatic heterocycles. The van der Waals surface area contributed by atoms with Crippen molar-refractivity contribution in [2.45, 2.75) is 25.3 Å². The second-order valence-electron chi connectivity index (χ2n) is 5.18. The Bertz CT molecular complexity index is 562. The van der Waals surface area contributed by atoms with E-state index >= 15 is 0 Å². The van der Waals surface area contributed by atoms with Gasteiger partial charge >= 0.3 is 0 Å². The van der Waals surface area contributed by atoms with Crippen LogP contribution in [0, 0.1) is 11.7 Å². The molecule has 0 bridgehead atoms. The molecule has 2 rings (SSSR count). The van der Waals surface area contributed by atoms with Crippen LogP contribution in [-0.2, 0) is 16.3 Å². The second-order valence-corrected chi connectivity index (χ2v) is 7.82. The molecule has 1 aromatic carbocycles. The molecule has 0 spiro atoms. The van der Waals surface area contributed by atoms with Gasteiger partial charge in [0.25, 0.3) is 0 Å². The monoisotopic (exact) mass is 305 g/mol. The van der Waals surface area contributed by atoms with Crippen molar-refractivity contribution >= 4 is 21.4 Å². The van der Waals surface area contributed by atoms with E-state index in [1.165, 1.54) is 6.07 Å². The van der Waals surface area contributed by atoms with Crippen LogP contribution in [0.15, 0.2) is 18.2 Å². The predicted molar refractivity (Wildman–Crippen MR) is 74.5 cm³/mol. The first kappa shape index (κ1) is 14.8. The van der Waals surface area contributed by atoms with E-state index in [0.717, 1.165) is 0 Å². The molecule has 0 saturated carbocycles. The SMILES string of the molecule is NC(Cc1cccc(Cl)c1F)CC1CCS(=O)(=O)C1. The van der Waals surface area contributed by atoms with Crippen LogP contribution in [0.1, 0.15) is 18.4 Å². The minimum Gasteiger partial charge on any atom is -0.327 e. The maximum atomic E-state index is 13.7. The average Bonchev–Trinajstić information content (AvgIpc) is 2.64. The Morgan fingerprint density at radius 1 is 1.47 bits per heavy atom. The van der Waals surface area contributed by atoms with Gasteiger partial charge in [-0.25, -0.2) is 12.8 Å². The molecule has 1 fully saturated rings. The van der Waals surface area contributed by atoms with Crippen LogP contribution in [-0.4, -0.2) is 26.0 Å². The van der Waals surface area contributed by atoms with Gasteiger partial charge < -0.3 is 5.73 Å². The van der Waals surface area contributed by atoms with E-state index in [1.54, 1.807) is 12.1 Å². The number of sulfone groups is 1. The normalized spacial score (nSPS) is 23.4. The molecule has 2 N–H and O–H groups in total. The summed E-state index contributed by atoms with van der Waals surface area (Å²) in [5.74, 6) is 0.121. The third kappa shape index (κ3) is 3.91. The van der Waals surface area contributed by atoms with E-state index in [2.05, 4.69) is 0 Å². The third-order valence-corrected chi connectivity index (χ3v) is 5.61. The highest BCUT2D eigenvalue weighted by molar-refractivity contribution is 7.91. The van der Waals surface area contributed by atoms with Crippen LogP contribution in [0.25, 0.3) is 0 Å². The van der Waals surface area contributed by atoms with Crippen molar-refractivity contribution < 1.29 is 12.8 Å². The van der Waals surface area contributed by atoms with Gasteiger partial charge in [0.2, 0.25) is 0 Å². The summed E-state index contributed by atoms with van der Waals surface area (Å²) in [7, 11) is -2.88. The van der Waals surface area contributed by atoms with Crippen LogP contribution >= 0.6 is 11.6 Å². The van der Waals surface area contributed by atoms with Gasteiger partial charge in [0, 0.05) is 6.04 Å². The zero-order valence-electron chi connectivity index (χ0n) is 10.5. The van der Waals surface area contributed by atoms with Gasteiger partial charge in [-0.1, -0.05) is 23.7 Å². The van der Waals surface area contributed by atoms with E-state index in [4.69, 9.17) is 17.3 Å². The summed E-state index contributed by atoms with van der Waals surface area (Å²) >= 11 is 5.71. The largest absolute Gasteiger partial charge is 0.327 e. The molecule has 2 unspecified atom stereocenters. The topological polar surface area (TPSA) is 60.2 Å². The Balaban J connectivity index is 1.95. The highest BCUT2D eigenvalue weighted by Gasteiger charge is 2.29. The molecule has 19 heavy (non-hydrogen) atoms. The van der Waals surface area contributed by atoms with E-state index in [-0.39, 0.29) is 28.5 Å². The Labute approximate surface area is 117 Å². The first-order chi connectivity index (χ1) is 8.87. The first-order valence-corrected chi connectivity index (χ1v) is 8.46. The van der Waals surface area contributed by atoms with E-state index in [9.17, 15) is 12.8 Å². The molecule has 2 atom stereocenters. The number of halogens is 2. The number of hydrogen-bond acceptors (Lipinski definition) is 3. The fourth-order valence-electron chi connectivity index (χ4n) is 2.56. The lowest BCUT2D eigenvalue weighted by atomic mass is 9.95. The molecule has 1 saturated heterocycles. The van der Waals surface area contributed by atoms with Gasteiger partial charge in [-0.2, -0.15) is 0 Å². The molecule has 0 radical (unpaired) electrons. The number of rotatable bonds is 4. The summed E-state index contributed by atoms with van der Waals surface area (Å²) in [4.78, 5) is 0. The van der Waals surface area contributed by atoms with Crippen molar-refractivity contribution in [3.8, 4) is 0 Å². The summed E-state index contributed by atoms with van der Waals surface area (Å²) in [6.45, 7) is 0. The van der Waals surface area contributed by atoms with E-state index in [0.29, 0.717) is 24.8 Å². The Morgan fingerprint density at radius 2 is 2.21 bits per heavy atom. The van der Waals surface area contributed by atoms with Crippen molar-refractivity contribution in [2.75, 3.05) is 11.5 Å². The Morgan fingerprint density at radius 3 is 2.84 bits per heavy atom. The molecule has 0 amide bonds. The summed E-state index contributed by atoms with van der Waals surface area (Å²) in [5.41, 5.74) is 6.48. The van der Waals surface area contributed by atoms with E-state index < -0.39 is 15.7 Å². The van der Waals surface area contributed by atoms with Crippen molar-refractivity contribution in [1.82, 2.24) is 0 Å². The minimum absolute atomic E-state index is 0.0909. The second kappa shape index (κ2) is 5.77. The average molecular weight is 306 g/mol. The lowest BCUT2D eigenvalue weighted by Crippen LogP contribution is -2.27. The van der Waals surface area contributed by atoms with Crippen LogP contribution in [0.2, 0.25) is 5.02 Å². The molecule has 6 heteroatoms. The molecule has 1 heterocycles. The summed E-state index contributed by atoms with van der Waals surface area (Å²) in [6, 6.07) is 4.60. The van der Waals surface area contributed by atoms with Crippen molar-refractivity contribution in [3.63, 3.8) is 0 Å². The molecular weight excluding hydrogens is 289 g/mol. The molecule has 1 aromatic rings. The lowest BCUT2D eigenvalue weighted by Gasteiger charge is -2.16. The van der Waals surface area contributed by atoms with Crippen LogP contribution in [0.4, 0.5) is 4.39 Å². The molecule has 3 nitrogen and oxygen atoms in total. The van der Waals surface area contributed by atoms with Gasteiger partial charge in [0.15, 0.2) is 9.84 Å². The van der Waals surface area contributed by atoms with Crippen molar-refractivity contribution in [2.24, 2.45) is 11.7 Å². The minimum atomic E-state index is -2.88. The maximum absolute atomic E-state index is 13.7. The highest BCUT2D eigenvalue weighted by Crippen LogP contribution is 2.25. The maximum Gasteiger partial charge on any atom is 0.150 e. The van der Waals surface area contributed by atoms with Gasteiger partial charge in [0.1, 0.15) is 5.82 Å².